The van der Waals surface area contributed by atoms with Crippen LogP contribution in [0, 0.1) is 10.1 Å². The summed E-state index contributed by atoms with van der Waals surface area (Å²) in [4.78, 5) is 11.4. The van der Waals surface area contributed by atoms with Crippen molar-refractivity contribution in [1.82, 2.24) is 20.2 Å². The molecule has 0 aliphatic heterocycles. The largest absolute Gasteiger partial charge is 0.372 e. The van der Waals surface area contributed by atoms with E-state index in [1.807, 2.05) is 0 Å². The van der Waals surface area contributed by atoms with Gasteiger partial charge < -0.3 is 5.32 Å². The zero-order valence-corrected chi connectivity index (χ0v) is 12.6. The first-order chi connectivity index (χ1) is 9.83. The Balaban J connectivity index is 2.35. The van der Waals surface area contributed by atoms with Crippen LogP contribution >= 0.6 is 11.3 Å². The van der Waals surface area contributed by atoms with E-state index in [4.69, 9.17) is 0 Å². The maximum absolute atomic E-state index is 12.1. The zero-order chi connectivity index (χ0) is 15.6. The molecule has 0 radical (unpaired) electrons. The average Bonchev–Trinajstić information content (AvgIpc) is 2.96. The Labute approximate surface area is 123 Å². The summed E-state index contributed by atoms with van der Waals surface area (Å²) in [5.74, 6) is -0.210. The smallest absolute Gasteiger partial charge is 0.304 e. The van der Waals surface area contributed by atoms with Gasteiger partial charge in [-0.3, -0.25) is 10.1 Å². The molecule has 2 aromatic rings. The van der Waals surface area contributed by atoms with Crippen molar-refractivity contribution >= 4 is 38.0 Å². The molecule has 0 saturated carbocycles. The monoisotopic (exact) mass is 333 g/mol. The summed E-state index contributed by atoms with van der Waals surface area (Å²) in [6.45, 7) is 2.18. The number of sulfonamides is 1. The van der Waals surface area contributed by atoms with Crippen LogP contribution in [-0.2, 0) is 17.1 Å². The number of rotatable bonds is 6. The lowest BCUT2D eigenvalue weighted by atomic mass is 10.5. The minimum atomic E-state index is -4.01. The van der Waals surface area contributed by atoms with E-state index in [0.29, 0.717) is 6.54 Å². The zero-order valence-electron chi connectivity index (χ0n) is 11.0. The predicted octanol–water partition coefficient (Wildman–Crippen LogP) is 0.412. The van der Waals surface area contributed by atoms with E-state index in [9.17, 15) is 18.5 Å². The number of tetrazole rings is 1. The fraction of sp³-hybridized carbons (Fsp3) is 0.375. The number of nitro groups is 1. The number of nitrogens with zero attached hydrogens (tertiary/aromatic N) is 5. The molecule has 0 aliphatic rings. The standard InChI is InChI=1S/C8H11N7O4S2/c1-3-9-7-5(15(16)17)4-6(20-7)21(18,19)12-8-10-13-14(2)11-8/h4,9H,3H2,1-2H3,(H,11,12). The number of nitrogens with one attached hydrogen (secondary N) is 2. The molecule has 0 bridgehead atoms. The third-order valence-electron chi connectivity index (χ3n) is 2.22. The summed E-state index contributed by atoms with van der Waals surface area (Å²) >= 11 is 0.759. The molecule has 2 heterocycles. The normalized spacial score (nSPS) is 11.3. The highest BCUT2D eigenvalue weighted by molar-refractivity contribution is 7.94. The summed E-state index contributed by atoms with van der Waals surface area (Å²) in [6, 6.07) is 0.987. The third-order valence-corrected chi connectivity index (χ3v) is 5.11. The van der Waals surface area contributed by atoms with Gasteiger partial charge in [0.2, 0.25) is 0 Å². The Morgan fingerprint density at radius 1 is 1.52 bits per heavy atom. The van der Waals surface area contributed by atoms with Crippen LogP contribution in [-0.4, -0.2) is 40.1 Å². The molecule has 21 heavy (non-hydrogen) atoms. The minimum absolute atomic E-state index is 0.176. The molecule has 114 valence electrons. The highest BCUT2D eigenvalue weighted by Gasteiger charge is 2.27. The molecule has 2 aromatic heterocycles. The van der Waals surface area contributed by atoms with Crippen molar-refractivity contribution in [3.05, 3.63) is 16.2 Å². The minimum Gasteiger partial charge on any atom is -0.372 e. The molecule has 0 atom stereocenters. The SMILES string of the molecule is CCNc1sc(S(=O)(=O)Nc2nnn(C)n2)cc1[N+](=O)[O-]. The highest BCUT2D eigenvalue weighted by atomic mass is 32.2. The number of aromatic nitrogens is 4. The van der Waals surface area contributed by atoms with E-state index < -0.39 is 14.9 Å². The van der Waals surface area contributed by atoms with Crippen LogP contribution in [0.2, 0.25) is 0 Å². The van der Waals surface area contributed by atoms with Crippen LogP contribution in [0.25, 0.3) is 0 Å². The summed E-state index contributed by atoms with van der Waals surface area (Å²) < 4.78 is 26.2. The second kappa shape index (κ2) is 5.61. The summed E-state index contributed by atoms with van der Waals surface area (Å²) in [6.07, 6.45) is 0. The lowest BCUT2D eigenvalue weighted by molar-refractivity contribution is -0.383. The van der Waals surface area contributed by atoms with Crippen molar-refractivity contribution in [3.8, 4) is 0 Å². The fourth-order valence-corrected chi connectivity index (χ4v) is 3.74. The number of hydrogen-bond donors (Lipinski definition) is 2. The third kappa shape index (κ3) is 3.25. The van der Waals surface area contributed by atoms with Gasteiger partial charge in [0.15, 0.2) is 5.00 Å². The van der Waals surface area contributed by atoms with Gasteiger partial charge in [-0.25, -0.2) is 13.1 Å². The molecule has 0 unspecified atom stereocenters. The van der Waals surface area contributed by atoms with Gasteiger partial charge in [0, 0.05) is 12.6 Å². The van der Waals surface area contributed by atoms with E-state index in [1.54, 1.807) is 6.92 Å². The van der Waals surface area contributed by atoms with Crippen LogP contribution < -0.4 is 10.0 Å². The van der Waals surface area contributed by atoms with Crippen molar-refractivity contribution < 1.29 is 13.3 Å². The number of hydrogen-bond acceptors (Lipinski definition) is 9. The first kappa shape index (κ1) is 15.1. The number of aryl methyl sites for hydroxylation is 1. The van der Waals surface area contributed by atoms with Crippen molar-refractivity contribution in [3.63, 3.8) is 0 Å². The summed E-state index contributed by atoms with van der Waals surface area (Å²) in [5.41, 5.74) is -0.297. The molecule has 0 amide bonds. The summed E-state index contributed by atoms with van der Waals surface area (Å²) in [5, 5.41) is 24.5. The Bertz CT molecular complexity index is 765. The highest BCUT2D eigenvalue weighted by Crippen LogP contribution is 2.37. The number of thiophene rings is 1. The quantitative estimate of drug-likeness (QED) is 0.571. The average molecular weight is 333 g/mol. The molecule has 2 N–H and O–H groups in total. The van der Waals surface area contributed by atoms with Gasteiger partial charge >= 0.3 is 5.69 Å². The molecule has 0 spiro atoms. The van der Waals surface area contributed by atoms with Crippen molar-refractivity contribution in [1.29, 1.82) is 0 Å². The van der Waals surface area contributed by atoms with Crippen LogP contribution in [0.5, 0.6) is 0 Å². The topological polar surface area (TPSA) is 145 Å². The molecule has 0 fully saturated rings. The van der Waals surface area contributed by atoms with Crippen molar-refractivity contribution in [2.24, 2.45) is 7.05 Å². The molecule has 0 aromatic carbocycles. The second-order valence-electron chi connectivity index (χ2n) is 3.78. The molecule has 0 aliphatic carbocycles. The maximum atomic E-state index is 12.1. The van der Waals surface area contributed by atoms with Crippen LogP contribution in [0.4, 0.5) is 16.6 Å². The predicted molar refractivity (Wildman–Crippen MR) is 74.7 cm³/mol. The molecule has 0 saturated heterocycles. The first-order valence-electron chi connectivity index (χ1n) is 5.62. The first-order valence-corrected chi connectivity index (χ1v) is 7.92. The van der Waals surface area contributed by atoms with Gasteiger partial charge in [-0.1, -0.05) is 16.4 Å². The Morgan fingerprint density at radius 2 is 2.24 bits per heavy atom. The molecule has 13 heteroatoms. The van der Waals surface area contributed by atoms with Crippen LogP contribution in [0.15, 0.2) is 10.3 Å². The summed E-state index contributed by atoms with van der Waals surface area (Å²) in [7, 11) is -2.53. The molecular formula is C8H11N7O4S2. The van der Waals surface area contributed by atoms with Crippen LogP contribution in [0.1, 0.15) is 6.92 Å². The molecule has 2 rings (SSSR count). The fourth-order valence-electron chi connectivity index (χ4n) is 1.41. The van der Waals surface area contributed by atoms with Crippen molar-refractivity contribution in [2.45, 2.75) is 11.1 Å². The van der Waals surface area contributed by atoms with Crippen LogP contribution in [0.3, 0.4) is 0 Å². The Kier molecular flexibility index (Phi) is 4.04. The van der Waals surface area contributed by atoms with E-state index in [2.05, 4.69) is 25.4 Å². The Morgan fingerprint density at radius 3 is 2.76 bits per heavy atom. The molecular weight excluding hydrogens is 322 g/mol. The van der Waals surface area contributed by atoms with Gasteiger partial charge in [-0.05, 0) is 12.1 Å². The van der Waals surface area contributed by atoms with E-state index in [1.165, 1.54) is 7.05 Å². The van der Waals surface area contributed by atoms with E-state index in [-0.39, 0.29) is 20.8 Å². The van der Waals surface area contributed by atoms with Gasteiger partial charge in [-0.15, -0.1) is 5.10 Å². The second-order valence-corrected chi connectivity index (χ2v) is 6.74. The van der Waals surface area contributed by atoms with Gasteiger partial charge in [0.05, 0.1) is 12.0 Å². The van der Waals surface area contributed by atoms with Crippen molar-refractivity contribution in [2.75, 3.05) is 16.6 Å². The van der Waals surface area contributed by atoms with E-state index in [0.717, 1.165) is 22.2 Å². The van der Waals surface area contributed by atoms with Gasteiger partial charge in [0.1, 0.15) is 4.21 Å². The lowest BCUT2D eigenvalue weighted by Gasteiger charge is -2.00. The van der Waals surface area contributed by atoms with Gasteiger partial charge in [-0.2, -0.15) is 4.80 Å². The lowest BCUT2D eigenvalue weighted by Crippen LogP contribution is -2.12. The van der Waals surface area contributed by atoms with E-state index >= 15 is 0 Å². The Hall–Kier alpha value is -2.28. The molecule has 11 nitrogen and oxygen atoms in total. The maximum Gasteiger partial charge on any atom is 0.304 e. The number of anilines is 2. The van der Waals surface area contributed by atoms with Gasteiger partial charge in [0.25, 0.3) is 16.0 Å².